The molecular weight excluding hydrogens is 302 g/mol. The van der Waals surface area contributed by atoms with E-state index in [9.17, 15) is 9.90 Å². The monoisotopic (exact) mass is 321 g/mol. The van der Waals surface area contributed by atoms with Crippen LogP contribution >= 0.6 is 11.6 Å². The van der Waals surface area contributed by atoms with E-state index in [1.54, 1.807) is 0 Å². The number of anilines is 1. The van der Waals surface area contributed by atoms with E-state index in [0.717, 1.165) is 5.56 Å². The van der Waals surface area contributed by atoms with E-state index < -0.39 is 11.6 Å². The quantitative estimate of drug-likeness (QED) is 0.908. The molecular formula is C16H20ClN3O2. The first-order valence-electron chi connectivity index (χ1n) is 7.06. The van der Waals surface area contributed by atoms with Gasteiger partial charge in [0.1, 0.15) is 5.02 Å². The third-order valence-electron chi connectivity index (χ3n) is 3.22. The van der Waals surface area contributed by atoms with Gasteiger partial charge in [-0.1, -0.05) is 41.9 Å². The standard InChI is InChI=1S/C16H20ClN3O2/c1-16(2,3)20-15(22)14(17)12(9-19-20)18-10-13(21)11-7-5-4-6-8-11/h4-9,13,18,21H,10H2,1-3H3/t13-/m0/s1. The van der Waals surface area contributed by atoms with E-state index in [1.807, 2.05) is 51.1 Å². The Balaban J connectivity index is 2.15. The van der Waals surface area contributed by atoms with Gasteiger partial charge in [0.05, 0.1) is 23.5 Å². The minimum Gasteiger partial charge on any atom is -0.387 e. The molecule has 0 bridgehead atoms. The van der Waals surface area contributed by atoms with Gasteiger partial charge in [0, 0.05) is 6.54 Å². The molecule has 0 saturated carbocycles. The van der Waals surface area contributed by atoms with Crippen molar-refractivity contribution in [2.75, 3.05) is 11.9 Å². The summed E-state index contributed by atoms with van der Waals surface area (Å²) in [5, 5.41) is 17.3. The number of nitrogens with one attached hydrogen (secondary N) is 1. The Kier molecular flexibility index (Phi) is 4.88. The summed E-state index contributed by atoms with van der Waals surface area (Å²) < 4.78 is 1.34. The van der Waals surface area contributed by atoms with Crippen LogP contribution in [0.2, 0.25) is 5.02 Å². The maximum Gasteiger partial charge on any atom is 0.288 e. The zero-order valence-corrected chi connectivity index (χ0v) is 13.6. The highest BCUT2D eigenvalue weighted by molar-refractivity contribution is 6.32. The first-order chi connectivity index (χ1) is 10.3. The highest BCUT2D eigenvalue weighted by atomic mass is 35.5. The summed E-state index contributed by atoms with van der Waals surface area (Å²) >= 11 is 6.12. The van der Waals surface area contributed by atoms with Crippen molar-refractivity contribution in [3.05, 3.63) is 57.5 Å². The van der Waals surface area contributed by atoms with Crippen LogP contribution in [0.4, 0.5) is 5.69 Å². The summed E-state index contributed by atoms with van der Waals surface area (Å²) in [7, 11) is 0. The predicted octanol–water partition coefficient (Wildman–Crippen LogP) is 2.80. The molecule has 0 amide bonds. The van der Waals surface area contributed by atoms with E-state index >= 15 is 0 Å². The molecule has 0 aliphatic rings. The molecule has 0 radical (unpaired) electrons. The first-order valence-corrected chi connectivity index (χ1v) is 7.43. The van der Waals surface area contributed by atoms with Crippen molar-refractivity contribution < 1.29 is 5.11 Å². The number of hydrogen-bond acceptors (Lipinski definition) is 4. The van der Waals surface area contributed by atoms with Gasteiger partial charge in [-0.05, 0) is 26.3 Å². The molecule has 0 fully saturated rings. The van der Waals surface area contributed by atoms with Gasteiger partial charge < -0.3 is 10.4 Å². The van der Waals surface area contributed by atoms with Crippen LogP contribution in [0.5, 0.6) is 0 Å². The number of aliphatic hydroxyl groups is 1. The lowest BCUT2D eigenvalue weighted by molar-refractivity contribution is 0.191. The highest BCUT2D eigenvalue weighted by Gasteiger charge is 2.19. The Morgan fingerprint density at radius 3 is 2.55 bits per heavy atom. The lowest BCUT2D eigenvalue weighted by Gasteiger charge is -2.21. The van der Waals surface area contributed by atoms with Crippen LogP contribution < -0.4 is 10.9 Å². The minimum absolute atomic E-state index is 0.0742. The average molecular weight is 322 g/mol. The number of rotatable bonds is 4. The minimum atomic E-state index is -0.692. The number of hydrogen-bond donors (Lipinski definition) is 2. The second-order valence-electron chi connectivity index (χ2n) is 6.07. The fraction of sp³-hybridized carbons (Fsp3) is 0.375. The van der Waals surface area contributed by atoms with Gasteiger partial charge in [-0.2, -0.15) is 5.10 Å². The zero-order valence-electron chi connectivity index (χ0n) is 12.9. The molecule has 0 aliphatic carbocycles. The van der Waals surface area contributed by atoms with Crippen molar-refractivity contribution in [1.82, 2.24) is 9.78 Å². The number of nitrogens with zero attached hydrogens (tertiary/aromatic N) is 2. The average Bonchev–Trinajstić information content (AvgIpc) is 2.48. The Labute approximate surface area is 134 Å². The van der Waals surface area contributed by atoms with E-state index in [2.05, 4.69) is 10.4 Å². The van der Waals surface area contributed by atoms with E-state index in [-0.39, 0.29) is 17.1 Å². The third kappa shape index (κ3) is 3.67. The van der Waals surface area contributed by atoms with Crippen molar-refractivity contribution in [2.45, 2.75) is 32.4 Å². The van der Waals surface area contributed by atoms with E-state index in [0.29, 0.717) is 5.69 Å². The molecule has 118 valence electrons. The number of benzene rings is 1. The summed E-state index contributed by atoms with van der Waals surface area (Å²) in [5.41, 5.74) is 0.417. The van der Waals surface area contributed by atoms with Crippen molar-refractivity contribution >= 4 is 17.3 Å². The molecule has 6 heteroatoms. The van der Waals surface area contributed by atoms with Crippen LogP contribution in [-0.4, -0.2) is 21.4 Å². The summed E-state index contributed by atoms with van der Waals surface area (Å²) in [6.07, 6.45) is 0.814. The number of aliphatic hydroxyl groups excluding tert-OH is 1. The van der Waals surface area contributed by atoms with Gasteiger partial charge >= 0.3 is 0 Å². The first kappa shape index (κ1) is 16.5. The molecule has 1 aromatic carbocycles. The Hall–Kier alpha value is -1.85. The molecule has 2 aromatic rings. The van der Waals surface area contributed by atoms with Gasteiger partial charge in [0.25, 0.3) is 5.56 Å². The molecule has 22 heavy (non-hydrogen) atoms. The Morgan fingerprint density at radius 1 is 1.32 bits per heavy atom. The summed E-state index contributed by atoms with van der Waals surface area (Å²) in [5.74, 6) is 0. The Bertz CT molecular complexity index is 693. The van der Waals surface area contributed by atoms with Gasteiger partial charge in [0.15, 0.2) is 0 Å². The molecule has 1 atom stereocenters. The summed E-state index contributed by atoms with van der Waals surface area (Å²) in [6.45, 7) is 5.88. The Morgan fingerprint density at radius 2 is 1.95 bits per heavy atom. The molecule has 2 N–H and O–H groups in total. The maximum absolute atomic E-state index is 12.2. The molecule has 1 heterocycles. The molecule has 0 unspecified atom stereocenters. The van der Waals surface area contributed by atoms with Crippen molar-refractivity contribution in [3.8, 4) is 0 Å². The second-order valence-corrected chi connectivity index (χ2v) is 6.45. The topological polar surface area (TPSA) is 67.2 Å². The fourth-order valence-corrected chi connectivity index (χ4v) is 2.23. The van der Waals surface area contributed by atoms with Gasteiger partial charge in [-0.3, -0.25) is 4.79 Å². The molecule has 0 spiro atoms. The number of aromatic nitrogens is 2. The van der Waals surface area contributed by atoms with Crippen LogP contribution in [0.25, 0.3) is 0 Å². The molecule has 1 aromatic heterocycles. The molecule has 2 rings (SSSR count). The lowest BCUT2D eigenvalue weighted by Crippen LogP contribution is -2.36. The van der Waals surface area contributed by atoms with Crippen LogP contribution in [0.15, 0.2) is 41.3 Å². The third-order valence-corrected chi connectivity index (χ3v) is 3.59. The molecule has 0 aliphatic heterocycles. The normalized spacial score (nSPS) is 13.0. The second kappa shape index (κ2) is 6.50. The fourth-order valence-electron chi connectivity index (χ4n) is 2.03. The smallest absolute Gasteiger partial charge is 0.288 e. The largest absolute Gasteiger partial charge is 0.387 e. The number of halogens is 1. The molecule has 0 saturated heterocycles. The summed E-state index contributed by atoms with van der Waals surface area (Å²) in [6, 6.07) is 9.28. The van der Waals surface area contributed by atoms with Crippen LogP contribution in [-0.2, 0) is 5.54 Å². The SMILES string of the molecule is CC(C)(C)n1ncc(NC[C@H](O)c2ccccc2)c(Cl)c1=O. The van der Waals surface area contributed by atoms with Crippen LogP contribution in [0.3, 0.4) is 0 Å². The van der Waals surface area contributed by atoms with Gasteiger partial charge in [0.2, 0.25) is 0 Å². The maximum atomic E-state index is 12.2. The van der Waals surface area contributed by atoms with Crippen molar-refractivity contribution in [2.24, 2.45) is 0 Å². The lowest BCUT2D eigenvalue weighted by atomic mass is 10.1. The van der Waals surface area contributed by atoms with Gasteiger partial charge in [-0.25, -0.2) is 4.68 Å². The zero-order chi connectivity index (χ0) is 16.3. The van der Waals surface area contributed by atoms with Crippen LogP contribution in [0.1, 0.15) is 32.4 Å². The predicted molar refractivity (Wildman–Crippen MR) is 88.4 cm³/mol. The highest BCUT2D eigenvalue weighted by Crippen LogP contribution is 2.20. The van der Waals surface area contributed by atoms with Crippen LogP contribution in [0, 0.1) is 0 Å². The van der Waals surface area contributed by atoms with E-state index in [1.165, 1.54) is 10.9 Å². The van der Waals surface area contributed by atoms with Crippen molar-refractivity contribution in [1.29, 1.82) is 0 Å². The van der Waals surface area contributed by atoms with Crippen molar-refractivity contribution in [3.63, 3.8) is 0 Å². The van der Waals surface area contributed by atoms with Gasteiger partial charge in [-0.15, -0.1) is 0 Å². The molecule has 5 nitrogen and oxygen atoms in total. The summed E-state index contributed by atoms with van der Waals surface area (Å²) in [4.78, 5) is 12.2. The van der Waals surface area contributed by atoms with E-state index in [4.69, 9.17) is 11.6 Å².